The first kappa shape index (κ1) is 14.7. The minimum absolute atomic E-state index is 0.113. The van der Waals surface area contributed by atoms with E-state index < -0.39 is 0 Å². The van der Waals surface area contributed by atoms with Gasteiger partial charge in [-0.05, 0) is 38.3 Å². The molecule has 0 amide bonds. The lowest BCUT2D eigenvalue weighted by atomic mass is 10.1. The van der Waals surface area contributed by atoms with Gasteiger partial charge in [0.25, 0.3) is 0 Å². The first-order chi connectivity index (χ1) is 9.22. The molecule has 1 aliphatic rings. The molecule has 0 saturated carbocycles. The maximum Gasteiger partial charge on any atom is 0.199 e. The smallest absolute Gasteiger partial charge is 0.199 e. The van der Waals surface area contributed by atoms with Crippen molar-refractivity contribution in [2.45, 2.75) is 39.4 Å². The third kappa shape index (κ3) is 3.86. The highest BCUT2D eigenvalue weighted by Crippen LogP contribution is 2.33. The third-order valence-electron chi connectivity index (χ3n) is 3.27. The van der Waals surface area contributed by atoms with E-state index in [1.54, 1.807) is 0 Å². The quantitative estimate of drug-likeness (QED) is 0.765. The zero-order valence-corrected chi connectivity index (χ0v) is 13.2. The van der Waals surface area contributed by atoms with Crippen molar-refractivity contribution in [1.82, 2.24) is 0 Å². The van der Waals surface area contributed by atoms with Gasteiger partial charge >= 0.3 is 0 Å². The van der Waals surface area contributed by atoms with Gasteiger partial charge in [0, 0.05) is 17.3 Å². The van der Waals surface area contributed by atoms with Crippen LogP contribution in [0.3, 0.4) is 0 Å². The number of hydrogen-bond acceptors (Lipinski definition) is 3. The van der Waals surface area contributed by atoms with Gasteiger partial charge in [-0.2, -0.15) is 0 Å². The topological polar surface area (TPSA) is 27.7 Å². The Morgan fingerprint density at radius 2 is 2.16 bits per heavy atom. The van der Waals surface area contributed by atoms with Crippen molar-refractivity contribution < 1.29 is 14.2 Å². The molecule has 19 heavy (non-hydrogen) atoms. The van der Waals surface area contributed by atoms with Gasteiger partial charge in [0.05, 0.1) is 13.2 Å². The summed E-state index contributed by atoms with van der Waals surface area (Å²) in [6.45, 7) is 5.54. The summed E-state index contributed by atoms with van der Waals surface area (Å²) in [6.07, 6.45) is 3.15. The maximum atomic E-state index is 6.02. The van der Waals surface area contributed by atoms with Crippen LogP contribution in [0, 0.1) is 13.8 Å². The summed E-state index contributed by atoms with van der Waals surface area (Å²) < 4.78 is 17.4. The molecule has 1 aromatic rings. The van der Waals surface area contributed by atoms with E-state index in [0.29, 0.717) is 6.61 Å². The van der Waals surface area contributed by atoms with Gasteiger partial charge in [-0.25, -0.2) is 0 Å². The Morgan fingerprint density at radius 3 is 2.84 bits per heavy atom. The third-order valence-corrected chi connectivity index (χ3v) is 3.60. The molecule has 3 nitrogen and oxygen atoms in total. The zero-order chi connectivity index (χ0) is 13.7. The molecule has 4 heteroatoms. The molecule has 1 unspecified atom stereocenters. The standard InChI is InChI=1S/C15H21BrO3/c1-11-6-7-13(17-10-8-16)12(2)15(11)19-14-5-3-4-9-18-14/h6-7,14H,3-5,8-10H2,1-2H3. The molecule has 1 atom stereocenters. The number of halogens is 1. The number of hydrogen-bond donors (Lipinski definition) is 0. The van der Waals surface area contributed by atoms with Gasteiger partial charge < -0.3 is 14.2 Å². The van der Waals surface area contributed by atoms with Crippen molar-refractivity contribution in [3.05, 3.63) is 23.3 Å². The van der Waals surface area contributed by atoms with E-state index in [1.807, 2.05) is 19.1 Å². The summed E-state index contributed by atoms with van der Waals surface area (Å²) in [6, 6.07) is 4.04. The Bertz CT molecular complexity index is 414. The fraction of sp³-hybridized carbons (Fsp3) is 0.600. The molecular weight excluding hydrogens is 308 g/mol. The van der Waals surface area contributed by atoms with Gasteiger partial charge in [0.2, 0.25) is 0 Å². The molecular formula is C15H21BrO3. The summed E-state index contributed by atoms with van der Waals surface area (Å²) in [7, 11) is 0. The van der Waals surface area contributed by atoms with E-state index in [-0.39, 0.29) is 6.29 Å². The Hall–Kier alpha value is -0.740. The van der Waals surface area contributed by atoms with Crippen molar-refractivity contribution in [3.8, 4) is 11.5 Å². The molecule has 1 aliphatic heterocycles. The average Bonchev–Trinajstić information content (AvgIpc) is 2.44. The number of rotatable bonds is 5. The van der Waals surface area contributed by atoms with Crippen LogP contribution in [-0.2, 0) is 4.74 Å². The number of alkyl halides is 1. The van der Waals surface area contributed by atoms with Crippen LogP contribution in [0.1, 0.15) is 30.4 Å². The van der Waals surface area contributed by atoms with Crippen molar-refractivity contribution >= 4 is 15.9 Å². The predicted molar refractivity (Wildman–Crippen MR) is 79.4 cm³/mol. The van der Waals surface area contributed by atoms with Gasteiger partial charge in [0.1, 0.15) is 11.5 Å². The van der Waals surface area contributed by atoms with Crippen LogP contribution in [0.25, 0.3) is 0 Å². The second kappa shape index (κ2) is 7.15. The van der Waals surface area contributed by atoms with Gasteiger partial charge in [0.15, 0.2) is 6.29 Å². The van der Waals surface area contributed by atoms with Crippen LogP contribution in [-0.4, -0.2) is 24.8 Å². The lowest BCUT2D eigenvalue weighted by Crippen LogP contribution is -2.25. The fourth-order valence-corrected chi connectivity index (χ4v) is 2.39. The van der Waals surface area contributed by atoms with Crippen molar-refractivity contribution in [2.24, 2.45) is 0 Å². The summed E-state index contributed by atoms with van der Waals surface area (Å²) >= 11 is 3.37. The molecule has 0 aliphatic carbocycles. The lowest BCUT2D eigenvalue weighted by Gasteiger charge is -2.25. The van der Waals surface area contributed by atoms with E-state index in [0.717, 1.165) is 47.4 Å². The van der Waals surface area contributed by atoms with Gasteiger partial charge in [-0.3, -0.25) is 0 Å². The number of aryl methyl sites for hydroxylation is 1. The van der Waals surface area contributed by atoms with Crippen LogP contribution in [0.4, 0.5) is 0 Å². The van der Waals surface area contributed by atoms with Crippen LogP contribution in [0.15, 0.2) is 12.1 Å². The summed E-state index contributed by atoms with van der Waals surface area (Å²) in [5, 5.41) is 0.822. The van der Waals surface area contributed by atoms with Crippen LogP contribution in [0.5, 0.6) is 11.5 Å². The van der Waals surface area contributed by atoms with E-state index in [4.69, 9.17) is 14.2 Å². The SMILES string of the molecule is Cc1ccc(OCCBr)c(C)c1OC1CCCCO1. The summed E-state index contributed by atoms with van der Waals surface area (Å²) in [5.41, 5.74) is 2.17. The molecule has 0 radical (unpaired) electrons. The first-order valence-corrected chi connectivity index (χ1v) is 7.91. The van der Waals surface area contributed by atoms with E-state index in [1.165, 1.54) is 6.42 Å². The second-order valence-corrected chi connectivity index (χ2v) is 5.58. The van der Waals surface area contributed by atoms with E-state index in [2.05, 4.69) is 22.9 Å². The highest BCUT2D eigenvalue weighted by Gasteiger charge is 2.18. The predicted octanol–water partition coefficient (Wildman–Crippen LogP) is 3.98. The molecule has 2 rings (SSSR count). The summed E-state index contributed by atoms with van der Waals surface area (Å²) in [5.74, 6) is 1.79. The first-order valence-electron chi connectivity index (χ1n) is 6.79. The monoisotopic (exact) mass is 328 g/mol. The Labute approximate surface area is 123 Å². The highest BCUT2D eigenvalue weighted by atomic mass is 79.9. The average molecular weight is 329 g/mol. The van der Waals surface area contributed by atoms with Crippen molar-refractivity contribution in [2.75, 3.05) is 18.5 Å². The summed E-state index contributed by atoms with van der Waals surface area (Å²) in [4.78, 5) is 0. The molecule has 0 aromatic heterocycles. The number of ether oxygens (including phenoxy) is 3. The van der Waals surface area contributed by atoms with Crippen molar-refractivity contribution in [3.63, 3.8) is 0 Å². The van der Waals surface area contributed by atoms with Gasteiger partial charge in [-0.1, -0.05) is 22.0 Å². The molecule has 0 bridgehead atoms. The molecule has 0 N–H and O–H groups in total. The Balaban J connectivity index is 2.13. The number of benzene rings is 1. The molecule has 0 spiro atoms. The van der Waals surface area contributed by atoms with Gasteiger partial charge in [-0.15, -0.1) is 0 Å². The minimum Gasteiger partial charge on any atom is -0.492 e. The van der Waals surface area contributed by atoms with E-state index in [9.17, 15) is 0 Å². The Morgan fingerprint density at radius 1 is 1.32 bits per heavy atom. The van der Waals surface area contributed by atoms with E-state index >= 15 is 0 Å². The lowest BCUT2D eigenvalue weighted by molar-refractivity contribution is -0.106. The maximum absolute atomic E-state index is 6.02. The van der Waals surface area contributed by atoms with Crippen molar-refractivity contribution in [1.29, 1.82) is 0 Å². The fourth-order valence-electron chi connectivity index (χ4n) is 2.23. The Kier molecular flexibility index (Phi) is 5.52. The van der Waals surface area contributed by atoms with Crippen LogP contribution in [0.2, 0.25) is 0 Å². The minimum atomic E-state index is -0.113. The van der Waals surface area contributed by atoms with Crippen LogP contribution >= 0.6 is 15.9 Å². The molecule has 1 aromatic carbocycles. The molecule has 1 heterocycles. The molecule has 106 valence electrons. The van der Waals surface area contributed by atoms with Crippen LogP contribution < -0.4 is 9.47 Å². The second-order valence-electron chi connectivity index (χ2n) is 4.79. The molecule has 1 saturated heterocycles. The largest absolute Gasteiger partial charge is 0.492 e. The normalized spacial score (nSPS) is 19.2. The molecule has 1 fully saturated rings. The highest BCUT2D eigenvalue weighted by molar-refractivity contribution is 9.09. The zero-order valence-electron chi connectivity index (χ0n) is 11.6.